The van der Waals surface area contributed by atoms with Crippen LogP contribution in [0.3, 0.4) is 0 Å². The van der Waals surface area contributed by atoms with Gasteiger partial charge in [0, 0.05) is 37.6 Å². The van der Waals surface area contributed by atoms with E-state index in [1.807, 2.05) is 42.5 Å². The molecule has 2 aromatic carbocycles. The lowest BCUT2D eigenvalue weighted by atomic mass is 10.2. The first-order chi connectivity index (χ1) is 13.7. The van der Waals surface area contributed by atoms with Crippen molar-refractivity contribution in [1.82, 2.24) is 0 Å². The Morgan fingerprint density at radius 2 is 1.64 bits per heavy atom. The lowest BCUT2D eigenvalue weighted by Gasteiger charge is -2.38. The monoisotopic (exact) mass is 383 g/mol. The van der Waals surface area contributed by atoms with Crippen molar-refractivity contribution >= 4 is 23.2 Å². The Balaban J connectivity index is 1.39. The van der Waals surface area contributed by atoms with Gasteiger partial charge >= 0.3 is 6.09 Å². The highest BCUT2D eigenvalue weighted by atomic mass is 16.6. The number of benzene rings is 2. The van der Waals surface area contributed by atoms with E-state index in [4.69, 9.17) is 9.47 Å². The maximum atomic E-state index is 11.9. The van der Waals surface area contributed by atoms with Crippen molar-refractivity contribution in [2.24, 2.45) is 0 Å². The van der Waals surface area contributed by atoms with Crippen molar-refractivity contribution in [3.05, 3.63) is 48.5 Å². The van der Waals surface area contributed by atoms with Crippen LogP contribution in [-0.2, 0) is 4.74 Å². The number of nitrogens with zero attached hydrogens (tertiary/aromatic N) is 3. The molecule has 2 aliphatic heterocycles. The largest absolute Gasteiger partial charge is 0.495 e. The molecule has 2 saturated heterocycles. The van der Waals surface area contributed by atoms with Crippen molar-refractivity contribution in [2.45, 2.75) is 6.10 Å². The SMILES string of the molecule is COc1ccccc1N1CCN(c2ccc(N3C[C@H](CO)OC3=O)cc2)CC1. The second-order valence-electron chi connectivity index (χ2n) is 6.96. The quantitative estimate of drug-likeness (QED) is 0.855. The Kier molecular flexibility index (Phi) is 5.25. The van der Waals surface area contributed by atoms with Gasteiger partial charge in [-0.15, -0.1) is 0 Å². The third-order valence-electron chi connectivity index (χ3n) is 5.31. The number of cyclic esters (lactones) is 1. The van der Waals surface area contributed by atoms with Gasteiger partial charge in [0.15, 0.2) is 0 Å². The maximum Gasteiger partial charge on any atom is 0.414 e. The number of carbonyl (C=O) groups excluding carboxylic acids is 1. The van der Waals surface area contributed by atoms with E-state index in [0.29, 0.717) is 6.54 Å². The lowest BCUT2D eigenvalue weighted by molar-refractivity contribution is 0.0963. The van der Waals surface area contributed by atoms with Gasteiger partial charge < -0.3 is 24.4 Å². The molecule has 28 heavy (non-hydrogen) atoms. The number of carbonyl (C=O) groups is 1. The van der Waals surface area contributed by atoms with Crippen LogP contribution in [0, 0.1) is 0 Å². The highest BCUT2D eigenvalue weighted by Crippen LogP contribution is 2.30. The average molecular weight is 383 g/mol. The number of ether oxygens (including phenoxy) is 2. The number of rotatable bonds is 5. The molecule has 1 atom stereocenters. The highest BCUT2D eigenvalue weighted by Gasteiger charge is 2.31. The predicted molar refractivity (Wildman–Crippen MR) is 109 cm³/mol. The van der Waals surface area contributed by atoms with Crippen molar-refractivity contribution < 1.29 is 19.4 Å². The summed E-state index contributed by atoms with van der Waals surface area (Å²) in [7, 11) is 1.70. The Hall–Kier alpha value is -2.93. The van der Waals surface area contributed by atoms with E-state index in [0.717, 1.165) is 49.0 Å². The summed E-state index contributed by atoms with van der Waals surface area (Å²) in [5, 5.41) is 9.18. The van der Waals surface area contributed by atoms with Crippen LogP contribution in [0.2, 0.25) is 0 Å². The number of methoxy groups -OCH3 is 1. The Bertz CT molecular complexity index is 819. The standard InChI is InChI=1S/C21H25N3O4/c1-27-20-5-3-2-4-19(20)23-12-10-22(11-13-23)16-6-8-17(9-7-16)24-14-18(15-25)28-21(24)26/h2-9,18,25H,10-15H2,1H3/t18-/m1/s1. The molecule has 4 rings (SSSR count). The first-order valence-corrected chi connectivity index (χ1v) is 9.51. The van der Waals surface area contributed by atoms with Crippen LogP contribution in [0.5, 0.6) is 5.75 Å². The van der Waals surface area contributed by atoms with E-state index in [9.17, 15) is 9.90 Å². The predicted octanol–water partition coefficient (Wildman–Crippen LogP) is 2.34. The molecule has 0 spiro atoms. The molecule has 148 valence electrons. The molecule has 1 amide bonds. The molecule has 0 saturated carbocycles. The van der Waals surface area contributed by atoms with E-state index in [2.05, 4.69) is 15.9 Å². The summed E-state index contributed by atoms with van der Waals surface area (Å²) >= 11 is 0. The molecular formula is C21H25N3O4. The maximum absolute atomic E-state index is 11.9. The van der Waals surface area contributed by atoms with Crippen LogP contribution in [0.4, 0.5) is 21.9 Å². The fourth-order valence-electron chi connectivity index (χ4n) is 3.77. The highest BCUT2D eigenvalue weighted by molar-refractivity contribution is 5.90. The van der Waals surface area contributed by atoms with Gasteiger partial charge in [0.2, 0.25) is 0 Å². The van der Waals surface area contributed by atoms with Gasteiger partial charge in [-0.1, -0.05) is 12.1 Å². The second kappa shape index (κ2) is 7.98. The number of hydrogen-bond donors (Lipinski definition) is 1. The molecule has 2 heterocycles. The second-order valence-corrected chi connectivity index (χ2v) is 6.96. The summed E-state index contributed by atoms with van der Waals surface area (Å²) < 4.78 is 10.6. The minimum atomic E-state index is -0.449. The lowest BCUT2D eigenvalue weighted by Crippen LogP contribution is -2.46. The Morgan fingerprint density at radius 3 is 2.29 bits per heavy atom. The topological polar surface area (TPSA) is 65.5 Å². The normalized spacial score (nSPS) is 19.7. The van der Waals surface area contributed by atoms with Crippen LogP contribution in [0.1, 0.15) is 0 Å². The van der Waals surface area contributed by atoms with Gasteiger partial charge in [0.25, 0.3) is 0 Å². The zero-order chi connectivity index (χ0) is 19.5. The van der Waals surface area contributed by atoms with Crippen LogP contribution in [0.25, 0.3) is 0 Å². The van der Waals surface area contributed by atoms with Gasteiger partial charge in [0.05, 0.1) is 25.9 Å². The van der Waals surface area contributed by atoms with Crippen molar-refractivity contribution in [3.63, 3.8) is 0 Å². The van der Waals surface area contributed by atoms with Gasteiger partial charge in [-0.05, 0) is 36.4 Å². The van der Waals surface area contributed by atoms with E-state index >= 15 is 0 Å². The smallest absolute Gasteiger partial charge is 0.414 e. The fourth-order valence-corrected chi connectivity index (χ4v) is 3.77. The van der Waals surface area contributed by atoms with Crippen LogP contribution in [-0.4, -0.2) is 63.7 Å². The summed E-state index contributed by atoms with van der Waals surface area (Å²) in [5.41, 5.74) is 3.05. The summed E-state index contributed by atoms with van der Waals surface area (Å²) in [6.07, 6.45) is -0.854. The molecule has 1 N–H and O–H groups in total. The number of piperazine rings is 1. The summed E-state index contributed by atoms with van der Waals surface area (Å²) in [6.45, 7) is 3.88. The number of amides is 1. The third-order valence-corrected chi connectivity index (χ3v) is 5.31. The summed E-state index contributed by atoms with van der Waals surface area (Å²) in [4.78, 5) is 18.2. The minimum absolute atomic E-state index is 0.156. The van der Waals surface area contributed by atoms with Crippen LogP contribution in [0.15, 0.2) is 48.5 Å². The molecule has 0 unspecified atom stereocenters. The molecule has 0 aromatic heterocycles. The van der Waals surface area contributed by atoms with Gasteiger partial charge in [-0.2, -0.15) is 0 Å². The van der Waals surface area contributed by atoms with Crippen LogP contribution < -0.4 is 19.4 Å². The number of anilines is 3. The fraction of sp³-hybridized carbons (Fsp3) is 0.381. The van der Waals surface area contributed by atoms with E-state index in [1.54, 1.807) is 12.0 Å². The summed E-state index contributed by atoms with van der Waals surface area (Å²) in [5.74, 6) is 0.902. The molecule has 2 aromatic rings. The van der Waals surface area contributed by atoms with E-state index < -0.39 is 12.2 Å². The number of hydrogen-bond acceptors (Lipinski definition) is 6. The van der Waals surface area contributed by atoms with Gasteiger partial charge in [-0.25, -0.2) is 4.79 Å². The molecular weight excluding hydrogens is 358 g/mol. The van der Waals surface area contributed by atoms with Crippen molar-refractivity contribution in [3.8, 4) is 5.75 Å². The molecule has 0 radical (unpaired) electrons. The Labute approximate surface area is 164 Å². The molecule has 0 bridgehead atoms. The third kappa shape index (κ3) is 3.57. The molecule has 7 nitrogen and oxygen atoms in total. The van der Waals surface area contributed by atoms with E-state index in [-0.39, 0.29) is 6.61 Å². The first-order valence-electron chi connectivity index (χ1n) is 9.51. The van der Waals surface area contributed by atoms with Gasteiger partial charge in [-0.3, -0.25) is 4.90 Å². The molecule has 7 heteroatoms. The zero-order valence-corrected chi connectivity index (χ0v) is 16.0. The van der Waals surface area contributed by atoms with Crippen LogP contribution >= 0.6 is 0 Å². The number of aliphatic hydroxyl groups is 1. The summed E-state index contributed by atoms with van der Waals surface area (Å²) in [6, 6.07) is 16.0. The zero-order valence-electron chi connectivity index (χ0n) is 16.0. The van der Waals surface area contributed by atoms with E-state index in [1.165, 1.54) is 0 Å². The molecule has 2 aliphatic rings. The number of aliphatic hydroxyl groups excluding tert-OH is 1. The molecule has 0 aliphatic carbocycles. The first kappa shape index (κ1) is 18.4. The van der Waals surface area contributed by atoms with Crippen molar-refractivity contribution in [2.75, 3.05) is 61.1 Å². The average Bonchev–Trinajstić information content (AvgIpc) is 3.15. The van der Waals surface area contributed by atoms with Crippen molar-refractivity contribution in [1.29, 1.82) is 0 Å². The Morgan fingerprint density at radius 1 is 1.00 bits per heavy atom. The minimum Gasteiger partial charge on any atom is -0.495 e. The molecule has 2 fully saturated rings. The van der Waals surface area contributed by atoms with Gasteiger partial charge in [0.1, 0.15) is 11.9 Å². The number of para-hydroxylation sites is 2.